The average Bonchev–Trinajstić information content (AvgIpc) is 3.98. The number of rotatable bonds is 5. The molecule has 13 rings (SSSR count). The zero-order valence-electron chi connectivity index (χ0n) is 34.8. The molecule has 1 aliphatic carbocycles. The Morgan fingerprint density at radius 2 is 1.06 bits per heavy atom. The summed E-state index contributed by atoms with van der Waals surface area (Å²) in [6.07, 6.45) is 4.57. The first-order valence-corrected chi connectivity index (χ1v) is 21.8. The lowest BCUT2D eigenvalue weighted by molar-refractivity contribution is 1.07. The van der Waals surface area contributed by atoms with Crippen molar-refractivity contribution in [1.82, 2.24) is 9.13 Å². The molecule has 0 fully saturated rings. The van der Waals surface area contributed by atoms with Crippen LogP contribution in [0, 0.1) is 0 Å². The lowest BCUT2D eigenvalue weighted by atomic mass is 9.96. The van der Waals surface area contributed by atoms with Gasteiger partial charge in [0, 0.05) is 43.5 Å². The molecule has 0 amide bonds. The van der Waals surface area contributed by atoms with Crippen LogP contribution in [0.3, 0.4) is 0 Å². The van der Waals surface area contributed by atoms with Crippen LogP contribution < -0.4 is 10.6 Å². The van der Waals surface area contributed by atoms with Crippen molar-refractivity contribution in [3.8, 4) is 44.8 Å². The van der Waals surface area contributed by atoms with E-state index in [1.165, 1.54) is 104 Å². The molecule has 2 heteroatoms. The minimum absolute atomic E-state index is 0.970. The van der Waals surface area contributed by atoms with Crippen molar-refractivity contribution in [3.63, 3.8) is 0 Å². The maximum atomic E-state index is 4.79. The monoisotopic (exact) mass is 800 g/mol. The third kappa shape index (κ3) is 5.19. The number of para-hydroxylation sites is 2. The maximum absolute atomic E-state index is 4.79. The molecular formula is C61H40N2. The van der Waals surface area contributed by atoms with Gasteiger partial charge in [-0.2, -0.15) is 0 Å². The highest BCUT2D eigenvalue weighted by molar-refractivity contribution is 6.25. The topological polar surface area (TPSA) is 9.86 Å². The van der Waals surface area contributed by atoms with E-state index < -0.39 is 0 Å². The first-order valence-electron chi connectivity index (χ1n) is 21.8. The van der Waals surface area contributed by atoms with E-state index in [1.54, 1.807) is 0 Å². The standard InChI is InChI=1S/C61H40N2/c1-3-56-55(60-51-27-11-9-22-45(51)47-24-10-12-28-52(47)61(60)63(56)43-19-5-4-6-20-43)33-38(2)39-31-32-58-53(36-39)49-26-13-14-30-57(49)62(58)44-21-15-17-40(35-44)42-34-41-18-16-29-50-46-23-7-8-25-48(46)54(37-42)59(41)50/h3-37H,2H2,1H3/b55-33+,56-3+. The maximum Gasteiger partial charge on any atom is 0.0625 e. The third-order valence-electron chi connectivity index (χ3n) is 13.5. The number of benzene rings is 10. The number of fused-ring (bicyclic) bond motifs is 12. The molecule has 0 saturated heterocycles. The number of aromatic nitrogens is 2. The van der Waals surface area contributed by atoms with E-state index in [2.05, 4.69) is 228 Å². The van der Waals surface area contributed by atoms with Gasteiger partial charge >= 0.3 is 0 Å². The number of allylic oxidation sites excluding steroid dienone is 1. The van der Waals surface area contributed by atoms with E-state index >= 15 is 0 Å². The van der Waals surface area contributed by atoms with Gasteiger partial charge in [-0.15, -0.1) is 0 Å². The summed E-state index contributed by atoms with van der Waals surface area (Å²) >= 11 is 0. The van der Waals surface area contributed by atoms with Crippen LogP contribution in [-0.4, -0.2) is 9.13 Å². The second-order valence-corrected chi connectivity index (χ2v) is 16.9. The summed E-state index contributed by atoms with van der Waals surface area (Å²) < 4.78 is 4.86. The van der Waals surface area contributed by atoms with Gasteiger partial charge in [-0.1, -0.05) is 158 Å². The normalized spacial score (nSPS) is 12.8. The molecule has 0 spiro atoms. The Labute approximate surface area is 364 Å². The molecule has 63 heavy (non-hydrogen) atoms. The van der Waals surface area contributed by atoms with Crippen LogP contribution >= 0.6 is 0 Å². The van der Waals surface area contributed by atoms with Crippen LogP contribution in [0.4, 0.5) is 0 Å². The van der Waals surface area contributed by atoms with E-state index in [9.17, 15) is 0 Å². The number of nitrogens with zero attached hydrogens (tertiary/aromatic N) is 2. The molecule has 294 valence electrons. The van der Waals surface area contributed by atoms with E-state index in [4.69, 9.17) is 6.58 Å². The molecule has 2 heterocycles. The summed E-state index contributed by atoms with van der Waals surface area (Å²) in [7, 11) is 0. The fourth-order valence-electron chi connectivity index (χ4n) is 10.8. The summed E-state index contributed by atoms with van der Waals surface area (Å²) in [5.41, 5.74) is 15.6. The highest BCUT2D eigenvalue weighted by atomic mass is 15.0. The molecule has 0 atom stereocenters. The van der Waals surface area contributed by atoms with Gasteiger partial charge in [0.25, 0.3) is 0 Å². The summed E-state index contributed by atoms with van der Waals surface area (Å²) in [6.45, 7) is 6.94. The van der Waals surface area contributed by atoms with Crippen LogP contribution in [0.5, 0.6) is 0 Å². The molecule has 2 aromatic heterocycles. The van der Waals surface area contributed by atoms with Crippen LogP contribution in [0.25, 0.3) is 128 Å². The summed E-state index contributed by atoms with van der Waals surface area (Å²) in [4.78, 5) is 0. The lowest BCUT2D eigenvalue weighted by Gasteiger charge is -2.12. The fraction of sp³-hybridized carbons (Fsp3) is 0.0164. The van der Waals surface area contributed by atoms with Crippen LogP contribution in [0.1, 0.15) is 12.5 Å². The SMILES string of the molecule is C=C(/C=c1\c(=C/C)n(-c2ccccc2)c2c3ccccc3c3ccccc3c12)c1ccc2c(c1)c1ccccc1n2-c1cccc(-c2cc3c4c(cccc4c2)-c2ccccc2-3)c1. The quantitative estimate of drug-likeness (QED) is 0.153. The van der Waals surface area contributed by atoms with Crippen LogP contribution in [0.2, 0.25) is 0 Å². The van der Waals surface area contributed by atoms with Crippen molar-refractivity contribution in [2.75, 3.05) is 0 Å². The molecule has 0 bridgehead atoms. The van der Waals surface area contributed by atoms with Gasteiger partial charge in [0.15, 0.2) is 0 Å². The Morgan fingerprint density at radius 1 is 0.429 bits per heavy atom. The molecule has 12 aromatic rings. The predicted molar refractivity (Wildman–Crippen MR) is 269 cm³/mol. The van der Waals surface area contributed by atoms with Gasteiger partial charge in [0.2, 0.25) is 0 Å². The first-order chi connectivity index (χ1) is 31.1. The van der Waals surface area contributed by atoms with E-state index in [0.29, 0.717) is 0 Å². The predicted octanol–water partition coefficient (Wildman–Crippen LogP) is 14.8. The molecule has 0 radical (unpaired) electrons. The van der Waals surface area contributed by atoms with Crippen molar-refractivity contribution >= 4 is 82.8 Å². The van der Waals surface area contributed by atoms with Gasteiger partial charge in [-0.25, -0.2) is 0 Å². The zero-order valence-corrected chi connectivity index (χ0v) is 34.8. The minimum atomic E-state index is 0.970. The highest BCUT2D eigenvalue weighted by Gasteiger charge is 2.23. The molecule has 0 aliphatic heterocycles. The van der Waals surface area contributed by atoms with Crippen molar-refractivity contribution < 1.29 is 0 Å². The average molecular weight is 801 g/mol. The van der Waals surface area contributed by atoms with Gasteiger partial charge in [0.1, 0.15) is 0 Å². The van der Waals surface area contributed by atoms with Gasteiger partial charge in [-0.05, 0) is 139 Å². The first kappa shape index (κ1) is 35.5. The van der Waals surface area contributed by atoms with Crippen molar-refractivity contribution in [2.24, 2.45) is 0 Å². The van der Waals surface area contributed by atoms with Crippen LogP contribution in [-0.2, 0) is 0 Å². The highest BCUT2D eigenvalue weighted by Crippen LogP contribution is 2.49. The van der Waals surface area contributed by atoms with Crippen molar-refractivity contribution in [1.29, 1.82) is 0 Å². The van der Waals surface area contributed by atoms with E-state index in [0.717, 1.165) is 27.9 Å². The third-order valence-corrected chi connectivity index (χ3v) is 13.5. The minimum Gasteiger partial charge on any atom is -0.309 e. The summed E-state index contributed by atoms with van der Waals surface area (Å²) in [5, 5.41) is 13.6. The molecule has 0 saturated carbocycles. The van der Waals surface area contributed by atoms with Crippen molar-refractivity contribution in [2.45, 2.75) is 6.92 Å². The summed E-state index contributed by atoms with van der Waals surface area (Å²) in [6, 6.07) is 73.4. The second-order valence-electron chi connectivity index (χ2n) is 16.9. The molecule has 2 nitrogen and oxygen atoms in total. The molecular weight excluding hydrogens is 761 g/mol. The summed E-state index contributed by atoms with van der Waals surface area (Å²) in [5.74, 6) is 0. The fourth-order valence-corrected chi connectivity index (χ4v) is 10.8. The number of hydrogen-bond acceptors (Lipinski definition) is 0. The van der Waals surface area contributed by atoms with E-state index in [-0.39, 0.29) is 0 Å². The Hall–Kier alpha value is -8.20. The smallest absolute Gasteiger partial charge is 0.0625 e. The second kappa shape index (κ2) is 13.7. The molecule has 0 N–H and O–H groups in total. The Morgan fingerprint density at radius 3 is 1.87 bits per heavy atom. The van der Waals surface area contributed by atoms with Crippen LogP contribution in [0.15, 0.2) is 207 Å². The molecule has 1 aliphatic rings. The Bertz CT molecular complexity index is 4050. The van der Waals surface area contributed by atoms with Gasteiger partial charge in [-0.3, -0.25) is 0 Å². The zero-order chi connectivity index (χ0) is 41.8. The lowest BCUT2D eigenvalue weighted by Crippen LogP contribution is -2.28. The molecule has 0 unspecified atom stereocenters. The van der Waals surface area contributed by atoms with Gasteiger partial charge < -0.3 is 9.13 Å². The molecule has 10 aromatic carbocycles. The van der Waals surface area contributed by atoms with Crippen molar-refractivity contribution in [3.05, 3.63) is 223 Å². The number of hydrogen-bond donors (Lipinski definition) is 0. The Kier molecular flexibility index (Phi) is 7.71. The largest absolute Gasteiger partial charge is 0.309 e. The Balaban J connectivity index is 0.986. The van der Waals surface area contributed by atoms with Gasteiger partial charge in [0.05, 0.1) is 16.6 Å². The van der Waals surface area contributed by atoms with E-state index in [1.807, 2.05) is 0 Å².